The van der Waals surface area contributed by atoms with Crippen molar-refractivity contribution in [3.8, 4) is 0 Å². The Hall–Kier alpha value is -2.57. The van der Waals surface area contributed by atoms with Crippen LogP contribution in [0.5, 0.6) is 0 Å². The Morgan fingerprint density at radius 3 is 2.48 bits per heavy atom. The van der Waals surface area contributed by atoms with Crippen LogP contribution in [0.25, 0.3) is 0 Å². The van der Waals surface area contributed by atoms with E-state index in [-0.39, 0.29) is 19.1 Å². The van der Waals surface area contributed by atoms with E-state index in [4.69, 9.17) is 4.74 Å². The Kier molecular flexibility index (Phi) is 7.59. The van der Waals surface area contributed by atoms with E-state index in [0.29, 0.717) is 0 Å². The first-order valence-electron chi connectivity index (χ1n) is 7.31. The fraction of sp³-hybridized carbons (Fsp3) is 0.438. The molecule has 0 bridgehead atoms. The summed E-state index contributed by atoms with van der Waals surface area (Å²) in [5.74, 6) is -1.05. The zero-order chi connectivity index (χ0) is 17.2. The minimum atomic E-state index is -0.789. The van der Waals surface area contributed by atoms with Gasteiger partial charge in [0.1, 0.15) is 12.6 Å². The number of rotatable bonds is 7. The Bertz CT molecular complexity index is 544. The van der Waals surface area contributed by atoms with Crippen LogP contribution < -0.4 is 15.7 Å². The molecule has 0 saturated carbocycles. The Morgan fingerprint density at radius 2 is 1.91 bits per heavy atom. The number of hydrogen-bond donors (Lipinski definition) is 2. The Morgan fingerprint density at radius 1 is 1.26 bits per heavy atom. The molecular formula is C16H22N3O4-. The van der Waals surface area contributed by atoms with Crippen molar-refractivity contribution in [3.63, 3.8) is 0 Å². The normalized spacial score (nSPS) is 12.6. The quantitative estimate of drug-likeness (QED) is 0.562. The van der Waals surface area contributed by atoms with E-state index in [2.05, 4.69) is 15.6 Å². The summed E-state index contributed by atoms with van der Waals surface area (Å²) in [5, 5.41) is 16.1. The van der Waals surface area contributed by atoms with E-state index in [9.17, 15) is 14.7 Å². The van der Waals surface area contributed by atoms with Gasteiger partial charge in [-0.2, -0.15) is 0 Å². The van der Waals surface area contributed by atoms with Crippen LogP contribution in [0.2, 0.25) is 0 Å². The molecule has 0 aliphatic rings. The lowest BCUT2D eigenvalue weighted by Crippen LogP contribution is -2.51. The monoisotopic (exact) mass is 320 g/mol. The predicted octanol–water partition coefficient (Wildman–Crippen LogP) is 0.442. The topological polar surface area (TPSA) is 103 Å². The summed E-state index contributed by atoms with van der Waals surface area (Å²) >= 11 is 0. The molecule has 0 saturated heterocycles. The number of nitrogens with one attached hydrogen (secondary N) is 2. The van der Waals surface area contributed by atoms with Gasteiger partial charge in [-0.1, -0.05) is 44.2 Å². The van der Waals surface area contributed by atoms with Crippen LogP contribution in [0.3, 0.4) is 0 Å². The van der Waals surface area contributed by atoms with E-state index in [1.54, 1.807) is 13.8 Å². The van der Waals surface area contributed by atoms with Crippen LogP contribution in [-0.2, 0) is 16.1 Å². The molecule has 0 heterocycles. The van der Waals surface area contributed by atoms with Crippen LogP contribution in [0.15, 0.2) is 35.3 Å². The van der Waals surface area contributed by atoms with Gasteiger partial charge in [0.2, 0.25) is 5.91 Å². The lowest BCUT2D eigenvalue weighted by molar-refractivity contribution is -0.217. The summed E-state index contributed by atoms with van der Waals surface area (Å²) in [5.41, 5.74) is 0.850. The van der Waals surface area contributed by atoms with Crippen LogP contribution in [0.1, 0.15) is 19.4 Å². The number of ether oxygens (including phenoxy) is 1. The van der Waals surface area contributed by atoms with E-state index in [0.717, 1.165) is 5.56 Å². The van der Waals surface area contributed by atoms with Crippen molar-refractivity contribution in [1.29, 1.82) is 0 Å². The van der Waals surface area contributed by atoms with Gasteiger partial charge in [-0.15, -0.1) is 0 Å². The maximum absolute atomic E-state index is 12.0. The molecule has 0 aliphatic carbocycles. The smallest absolute Gasteiger partial charge is 0.408 e. The van der Waals surface area contributed by atoms with Gasteiger partial charge in [0, 0.05) is 13.6 Å². The Labute approximate surface area is 135 Å². The third-order valence-corrected chi connectivity index (χ3v) is 3.10. The van der Waals surface area contributed by atoms with Crippen molar-refractivity contribution in [2.45, 2.75) is 26.5 Å². The van der Waals surface area contributed by atoms with E-state index in [1.165, 1.54) is 7.05 Å². The molecule has 7 nitrogen and oxygen atoms in total. The molecule has 126 valence electrons. The lowest BCUT2D eigenvalue weighted by Gasteiger charge is -2.22. The molecule has 23 heavy (non-hydrogen) atoms. The van der Waals surface area contributed by atoms with Gasteiger partial charge in [0.25, 0.3) is 0 Å². The molecule has 2 amide bonds. The van der Waals surface area contributed by atoms with Crippen molar-refractivity contribution in [2.75, 3.05) is 13.6 Å². The number of hydrogen-bond acceptors (Lipinski definition) is 5. The van der Waals surface area contributed by atoms with E-state index >= 15 is 0 Å². The van der Waals surface area contributed by atoms with Crippen molar-refractivity contribution in [3.05, 3.63) is 35.9 Å². The first kappa shape index (κ1) is 18.5. The summed E-state index contributed by atoms with van der Waals surface area (Å²) in [6.45, 7) is 3.49. The van der Waals surface area contributed by atoms with E-state index in [1.807, 2.05) is 30.3 Å². The first-order valence-corrected chi connectivity index (χ1v) is 7.31. The molecule has 0 radical (unpaired) electrons. The van der Waals surface area contributed by atoms with Crippen molar-refractivity contribution < 1.29 is 19.4 Å². The number of alkyl carbamates (subject to hydrolysis) is 1. The molecular weight excluding hydrogens is 298 g/mol. The summed E-state index contributed by atoms with van der Waals surface area (Å²) in [4.78, 5) is 27.3. The molecule has 0 unspecified atom stereocenters. The average molecular weight is 320 g/mol. The first-order chi connectivity index (χ1) is 10.9. The van der Waals surface area contributed by atoms with Gasteiger partial charge in [0.05, 0.1) is 0 Å². The van der Waals surface area contributed by atoms with Crippen molar-refractivity contribution >= 4 is 17.9 Å². The van der Waals surface area contributed by atoms with Gasteiger partial charge in [0.15, 0.2) is 0 Å². The summed E-state index contributed by atoms with van der Waals surface area (Å²) in [7, 11) is 1.35. The number of nitrogens with zero attached hydrogens (tertiary/aromatic N) is 1. The molecule has 0 fully saturated rings. The van der Waals surface area contributed by atoms with Gasteiger partial charge in [-0.05, 0) is 17.4 Å². The third-order valence-electron chi connectivity index (χ3n) is 3.10. The van der Waals surface area contributed by atoms with Gasteiger partial charge < -0.3 is 25.5 Å². The lowest BCUT2D eigenvalue weighted by atomic mass is 10.0. The second-order valence-electron chi connectivity index (χ2n) is 5.26. The minimum absolute atomic E-state index is 0.117. The van der Waals surface area contributed by atoms with Crippen LogP contribution in [-0.4, -0.2) is 37.5 Å². The largest absolute Gasteiger partial charge is 0.861 e. The zero-order valence-corrected chi connectivity index (χ0v) is 13.5. The zero-order valence-electron chi connectivity index (χ0n) is 13.5. The van der Waals surface area contributed by atoms with Crippen molar-refractivity contribution in [2.24, 2.45) is 10.9 Å². The van der Waals surface area contributed by atoms with Crippen LogP contribution in [0.4, 0.5) is 4.79 Å². The molecule has 0 aromatic heterocycles. The summed E-state index contributed by atoms with van der Waals surface area (Å²) in [6.07, 6.45) is -0.686. The average Bonchev–Trinajstić information content (AvgIpc) is 2.55. The number of carbonyl (C=O) groups is 2. The SMILES string of the molecule is CN=C([O-])CNC(=O)[C@H](NC(=O)OCc1ccccc1)C(C)C. The fourth-order valence-corrected chi connectivity index (χ4v) is 1.78. The summed E-state index contributed by atoms with van der Waals surface area (Å²) < 4.78 is 5.09. The van der Waals surface area contributed by atoms with Crippen molar-refractivity contribution in [1.82, 2.24) is 10.6 Å². The standard InChI is InChI=1S/C16H23N3O4/c1-11(2)14(15(21)18-9-13(20)17-3)19-16(22)23-10-12-7-5-4-6-8-12/h4-8,11,14H,9-10H2,1-3H3,(H,17,20)(H,18,21)(H,19,22)/p-1/t14-/m1/s1. The number of amides is 2. The molecule has 1 aromatic rings. The highest BCUT2D eigenvalue weighted by Gasteiger charge is 2.24. The molecule has 1 rings (SSSR count). The maximum atomic E-state index is 12.0. The number of benzene rings is 1. The maximum Gasteiger partial charge on any atom is 0.408 e. The third kappa shape index (κ3) is 6.82. The minimum Gasteiger partial charge on any atom is -0.861 e. The number of carbonyl (C=O) groups excluding carboxylic acids is 2. The second kappa shape index (κ2) is 9.45. The second-order valence-corrected chi connectivity index (χ2v) is 5.26. The number of aliphatic imine (C=N–C) groups is 1. The van der Waals surface area contributed by atoms with E-state index < -0.39 is 23.9 Å². The molecule has 2 N–H and O–H groups in total. The molecule has 7 heteroatoms. The Balaban J connectivity index is 2.51. The van der Waals surface area contributed by atoms with Gasteiger partial charge in [-0.3, -0.25) is 4.79 Å². The molecule has 1 aromatic carbocycles. The molecule has 1 atom stereocenters. The molecule has 0 aliphatic heterocycles. The predicted molar refractivity (Wildman–Crippen MR) is 84.8 cm³/mol. The highest BCUT2D eigenvalue weighted by atomic mass is 16.5. The van der Waals surface area contributed by atoms with Crippen LogP contribution >= 0.6 is 0 Å². The molecule has 0 spiro atoms. The highest BCUT2D eigenvalue weighted by molar-refractivity contribution is 5.88. The van der Waals surface area contributed by atoms with Gasteiger partial charge in [-0.25, -0.2) is 4.79 Å². The summed E-state index contributed by atoms with van der Waals surface area (Å²) in [6, 6.07) is 8.43. The van der Waals surface area contributed by atoms with Gasteiger partial charge >= 0.3 is 6.09 Å². The highest BCUT2D eigenvalue weighted by Crippen LogP contribution is 2.04. The van der Waals surface area contributed by atoms with Crippen LogP contribution in [0, 0.1) is 5.92 Å². The fourth-order valence-electron chi connectivity index (χ4n) is 1.78.